The van der Waals surface area contributed by atoms with Gasteiger partial charge in [-0.05, 0) is 12.8 Å². The van der Waals surface area contributed by atoms with Crippen molar-refractivity contribution in [1.29, 1.82) is 0 Å². The molecular weight excluding hydrogens is 921 g/mol. The highest BCUT2D eigenvalue weighted by atomic mass is 16.7. The Morgan fingerprint density at radius 2 is 0.736 bits per heavy atom. The number of hydrogen-bond acceptors (Lipinski definition) is 14. The van der Waals surface area contributed by atoms with E-state index in [0.717, 1.165) is 44.9 Å². The van der Waals surface area contributed by atoms with Gasteiger partial charge in [0.05, 0.1) is 26.4 Å². The summed E-state index contributed by atoms with van der Waals surface area (Å²) in [6.45, 7) is 3.76. The first-order chi connectivity index (χ1) is 35.1. The molecule has 0 aromatic carbocycles. The molecule has 0 aromatic rings. The highest BCUT2D eigenvalue weighted by molar-refractivity contribution is 5.69. The molecule has 0 bridgehead atoms. The minimum absolute atomic E-state index is 0.0710. The van der Waals surface area contributed by atoms with E-state index in [1.165, 1.54) is 199 Å². The van der Waals surface area contributed by atoms with E-state index in [0.29, 0.717) is 6.61 Å². The zero-order chi connectivity index (χ0) is 52.3. The van der Waals surface area contributed by atoms with Gasteiger partial charge >= 0.3 is 5.97 Å². The summed E-state index contributed by atoms with van der Waals surface area (Å²) in [4.78, 5) is 13.1. The van der Waals surface area contributed by atoms with E-state index >= 15 is 0 Å². The number of aliphatic hydroxyl groups excluding tert-OH is 7. The summed E-state index contributed by atoms with van der Waals surface area (Å²) in [5.74, 6) is -0.368. The number of aliphatic hydroxyl groups is 7. The minimum atomic E-state index is -1.70. The molecule has 2 fully saturated rings. The van der Waals surface area contributed by atoms with Crippen molar-refractivity contribution in [3.63, 3.8) is 0 Å². The third-order valence-electron chi connectivity index (χ3n) is 14.9. The van der Waals surface area contributed by atoms with E-state index in [9.17, 15) is 40.5 Å². The monoisotopic (exact) mass is 1030 g/mol. The van der Waals surface area contributed by atoms with E-state index in [2.05, 4.69) is 13.8 Å². The van der Waals surface area contributed by atoms with E-state index in [4.69, 9.17) is 28.4 Å². The lowest BCUT2D eigenvalue weighted by atomic mass is 9.98. The molecule has 0 spiro atoms. The first-order valence-electron chi connectivity index (χ1n) is 30.1. The van der Waals surface area contributed by atoms with Gasteiger partial charge in [-0.3, -0.25) is 4.79 Å². The van der Waals surface area contributed by atoms with E-state index in [1.807, 2.05) is 0 Å². The van der Waals surface area contributed by atoms with Crippen LogP contribution in [-0.4, -0.2) is 142 Å². The van der Waals surface area contributed by atoms with Crippen molar-refractivity contribution in [3.8, 4) is 0 Å². The summed E-state index contributed by atoms with van der Waals surface area (Å²) >= 11 is 0. The summed E-state index contributed by atoms with van der Waals surface area (Å²) in [5, 5.41) is 72.3. The second-order valence-corrected chi connectivity index (χ2v) is 21.5. The maximum absolute atomic E-state index is 13.1. The molecular formula is C58H112O14. The zero-order valence-electron chi connectivity index (χ0n) is 46.0. The lowest BCUT2D eigenvalue weighted by Gasteiger charge is -2.42. The third-order valence-corrected chi connectivity index (χ3v) is 14.9. The fraction of sp³-hybridized carbons (Fsp3) is 0.983. The van der Waals surface area contributed by atoms with Crippen molar-refractivity contribution >= 4 is 5.97 Å². The maximum Gasteiger partial charge on any atom is 0.306 e. The molecule has 0 aromatic heterocycles. The van der Waals surface area contributed by atoms with Gasteiger partial charge in [-0.15, -0.1) is 0 Å². The summed E-state index contributed by atoms with van der Waals surface area (Å²) in [6, 6.07) is 0. The summed E-state index contributed by atoms with van der Waals surface area (Å²) in [7, 11) is 0. The fourth-order valence-corrected chi connectivity index (χ4v) is 9.99. The SMILES string of the molecule is CCCCCCCCCCCCCCCCCCCCCCCCCOCC(COC1OC(COC2OC(CO)C(O)C(O)C2O)C(O)C(O)C1O)OC(=O)CCCCCCCCCCCCCCCCC. The Morgan fingerprint density at radius 3 is 1.12 bits per heavy atom. The Hall–Kier alpha value is -1.01. The number of carbonyl (C=O) groups excluding carboxylic acids is 1. The topological polar surface area (TPSA) is 214 Å². The van der Waals surface area contributed by atoms with Crippen LogP contribution >= 0.6 is 0 Å². The van der Waals surface area contributed by atoms with Crippen molar-refractivity contribution < 1.29 is 69.0 Å². The molecule has 2 saturated heterocycles. The number of ether oxygens (including phenoxy) is 6. The van der Waals surface area contributed by atoms with Crippen molar-refractivity contribution in [2.75, 3.05) is 33.0 Å². The third kappa shape index (κ3) is 32.5. The van der Waals surface area contributed by atoms with Crippen LogP contribution in [0.25, 0.3) is 0 Å². The predicted molar refractivity (Wildman–Crippen MR) is 284 cm³/mol. The number of carbonyl (C=O) groups is 1. The maximum atomic E-state index is 13.1. The van der Waals surface area contributed by atoms with Crippen LogP contribution < -0.4 is 0 Å². The molecule has 2 rings (SSSR count). The molecule has 11 atom stereocenters. The number of rotatable bonds is 50. The molecule has 72 heavy (non-hydrogen) atoms. The molecule has 0 saturated carbocycles. The molecule has 11 unspecified atom stereocenters. The Labute approximate surface area is 438 Å². The first-order valence-corrected chi connectivity index (χ1v) is 30.1. The highest BCUT2D eigenvalue weighted by Crippen LogP contribution is 2.27. The van der Waals surface area contributed by atoms with Crippen molar-refractivity contribution in [2.24, 2.45) is 0 Å². The van der Waals surface area contributed by atoms with Gasteiger partial charge in [0, 0.05) is 13.0 Å². The average Bonchev–Trinajstić information content (AvgIpc) is 3.38. The van der Waals surface area contributed by atoms with Crippen LogP contribution in [0.3, 0.4) is 0 Å². The normalized spacial score (nSPS) is 25.0. The van der Waals surface area contributed by atoms with E-state index in [1.54, 1.807) is 0 Å². The molecule has 14 heteroatoms. The van der Waals surface area contributed by atoms with Crippen LogP contribution in [0.5, 0.6) is 0 Å². The molecule has 14 nitrogen and oxygen atoms in total. The van der Waals surface area contributed by atoms with Gasteiger partial charge in [0.25, 0.3) is 0 Å². The molecule has 2 aliphatic rings. The van der Waals surface area contributed by atoms with Gasteiger partial charge in [-0.2, -0.15) is 0 Å². The lowest BCUT2D eigenvalue weighted by molar-refractivity contribution is -0.332. The average molecular weight is 1030 g/mol. The predicted octanol–water partition coefficient (Wildman–Crippen LogP) is 10.8. The number of hydrogen-bond donors (Lipinski definition) is 7. The van der Waals surface area contributed by atoms with Crippen LogP contribution in [0.2, 0.25) is 0 Å². The van der Waals surface area contributed by atoms with Gasteiger partial charge in [0.2, 0.25) is 0 Å². The van der Waals surface area contributed by atoms with Crippen molar-refractivity contribution in [2.45, 2.75) is 332 Å². The van der Waals surface area contributed by atoms with Crippen molar-refractivity contribution in [1.82, 2.24) is 0 Å². The first kappa shape index (κ1) is 67.1. The lowest BCUT2D eigenvalue weighted by Crippen LogP contribution is -2.61. The van der Waals surface area contributed by atoms with Gasteiger partial charge in [-0.1, -0.05) is 245 Å². The quantitative estimate of drug-likeness (QED) is 0.0223. The highest BCUT2D eigenvalue weighted by Gasteiger charge is 2.47. The van der Waals surface area contributed by atoms with Crippen LogP contribution in [-0.2, 0) is 33.2 Å². The van der Waals surface area contributed by atoms with Gasteiger partial charge in [0.15, 0.2) is 12.6 Å². The summed E-state index contributed by atoms with van der Waals surface area (Å²) < 4.78 is 34.4. The van der Waals surface area contributed by atoms with Gasteiger partial charge in [0.1, 0.15) is 54.9 Å². The second-order valence-electron chi connectivity index (χ2n) is 21.5. The minimum Gasteiger partial charge on any atom is -0.457 e. The van der Waals surface area contributed by atoms with Crippen LogP contribution in [0.15, 0.2) is 0 Å². The fourth-order valence-electron chi connectivity index (χ4n) is 9.99. The Bertz CT molecular complexity index is 1200. The largest absolute Gasteiger partial charge is 0.457 e. The zero-order valence-corrected chi connectivity index (χ0v) is 46.0. The molecule has 0 aliphatic carbocycles. The molecule has 2 aliphatic heterocycles. The second kappa shape index (κ2) is 46.1. The smallest absolute Gasteiger partial charge is 0.306 e. The summed E-state index contributed by atoms with van der Waals surface area (Å²) in [6.07, 6.45) is 33.1. The van der Waals surface area contributed by atoms with E-state index in [-0.39, 0.29) is 25.6 Å². The Kier molecular flexibility index (Phi) is 43.0. The van der Waals surface area contributed by atoms with Crippen LogP contribution in [0.4, 0.5) is 0 Å². The standard InChI is InChI=1S/C58H112O14/c1-3-5-7-9-11-13-15-17-19-20-21-22-23-24-25-26-28-30-32-34-36-38-40-42-67-44-47(70-50(60)41-39-37-35-33-31-29-27-18-16-14-12-10-8-6-4-2)45-68-57-56(66)54(64)52(62)49(72-57)46-69-58-55(65)53(63)51(61)48(43-59)71-58/h47-49,51-59,61-66H,3-46H2,1-2H3. The van der Waals surface area contributed by atoms with Gasteiger partial charge in [-0.25, -0.2) is 0 Å². The number of esters is 1. The van der Waals surface area contributed by atoms with Gasteiger partial charge < -0.3 is 64.2 Å². The Balaban J connectivity index is 1.67. The molecule has 0 radical (unpaired) electrons. The Morgan fingerprint density at radius 1 is 0.403 bits per heavy atom. The van der Waals surface area contributed by atoms with Crippen LogP contribution in [0, 0.1) is 0 Å². The van der Waals surface area contributed by atoms with E-state index < -0.39 is 80.7 Å². The molecule has 2 heterocycles. The number of unbranched alkanes of at least 4 members (excludes halogenated alkanes) is 36. The van der Waals surface area contributed by atoms with Crippen LogP contribution in [0.1, 0.15) is 264 Å². The molecule has 0 amide bonds. The van der Waals surface area contributed by atoms with Crippen molar-refractivity contribution in [3.05, 3.63) is 0 Å². The molecule has 7 N–H and O–H groups in total. The molecule has 428 valence electrons. The summed E-state index contributed by atoms with van der Waals surface area (Å²) in [5.41, 5.74) is 0.